The molecule has 0 fully saturated rings. The van der Waals surface area contributed by atoms with Gasteiger partial charge in [0.05, 0.1) is 11.5 Å². The Morgan fingerprint density at radius 3 is 2.62 bits per heavy atom. The molecule has 1 aromatic heterocycles. The van der Waals surface area contributed by atoms with Gasteiger partial charge in [0, 0.05) is 12.6 Å². The van der Waals surface area contributed by atoms with Crippen LogP contribution in [0.4, 0.5) is 30.5 Å². The van der Waals surface area contributed by atoms with Gasteiger partial charge in [-0.15, -0.1) is 0 Å². The number of aliphatic hydroxyl groups excluding tert-OH is 1. The maximum absolute atomic E-state index is 12.2. The number of nitro groups is 1. The Morgan fingerprint density at radius 1 is 1.43 bits per heavy atom. The summed E-state index contributed by atoms with van der Waals surface area (Å²) >= 11 is 0. The first-order valence-corrected chi connectivity index (χ1v) is 6.13. The van der Waals surface area contributed by atoms with E-state index in [0.29, 0.717) is 12.4 Å². The third-order valence-corrected chi connectivity index (χ3v) is 2.47. The first-order valence-electron chi connectivity index (χ1n) is 6.13. The molecule has 0 radical (unpaired) electrons. The van der Waals surface area contributed by atoms with Gasteiger partial charge in [-0.05, 0) is 12.5 Å². The minimum absolute atomic E-state index is 0.298. The molecule has 0 bridgehead atoms. The highest BCUT2D eigenvalue weighted by Crippen LogP contribution is 2.25. The average Bonchev–Trinajstić information content (AvgIpc) is 2.41. The Hall–Kier alpha value is -2.10. The summed E-state index contributed by atoms with van der Waals surface area (Å²) in [7, 11) is 0. The van der Waals surface area contributed by atoms with Gasteiger partial charge < -0.3 is 15.7 Å². The lowest BCUT2D eigenvalue weighted by Gasteiger charge is -2.15. The van der Waals surface area contributed by atoms with Crippen LogP contribution in [0.15, 0.2) is 12.1 Å². The molecule has 1 unspecified atom stereocenters. The van der Waals surface area contributed by atoms with E-state index < -0.39 is 29.4 Å². The molecule has 10 heteroatoms. The highest BCUT2D eigenvalue weighted by atomic mass is 19.4. The van der Waals surface area contributed by atoms with Crippen LogP contribution in [0.2, 0.25) is 0 Å². The van der Waals surface area contributed by atoms with Gasteiger partial charge in [-0.1, -0.05) is 6.92 Å². The molecule has 1 rings (SSSR count). The van der Waals surface area contributed by atoms with Gasteiger partial charge in [-0.2, -0.15) is 13.2 Å². The third kappa shape index (κ3) is 5.06. The van der Waals surface area contributed by atoms with Gasteiger partial charge in [0.25, 0.3) is 0 Å². The molecule has 21 heavy (non-hydrogen) atoms. The Balaban J connectivity index is 2.88. The van der Waals surface area contributed by atoms with Crippen molar-refractivity contribution in [1.29, 1.82) is 0 Å². The quantitative estimate of drug-likeness (QED) is 0.527. The number of halogens is 3. The average molecular weight is 308 g/mol. The van der Waals surface area contributed by atoms with E-state index in [4.69, 9.17) is 5.11 Å². The van der Waals surface area contributed by atoms with Crippen LogP contribution < -0.4 is 10.6 Å². The van der Waals surface area contributed by atoms with Crippen LogP contribution in [0, 0.1) is 10.1 Å². The van der Waals surface area contributed by atoms with Crippen molar-refractivity contribution in [3.8, 4) is 0 Å². The molecule has 0 spiro atoms. The van der Waals surface area contributed by atoms with Crippen LogP contribution in [0.5, 0.6) is 0 Å². The SMILES string of the molecule is CCCNc1ccc([N+](=O)[O-])c(NCC(O)C(F)(F)F)n1. The molecule has 1 heterocycles. The molecule has 118 valence electrons. The highest BCUT2D eigenvalue weighted by Gasteiger charge is 2.38. The zero-order valence-corrected chi connectivity index (χ0v) is 11.1. The molecule has 0 aliphatic carbocycles. The second-order valence-corrected chi connectivity index (χ2v) is 4.19. The predicted octanol–water partition coefficient (Wildman–Crippen LogP) is 2.15. The molecule has 1 aromatic rings. The smallest absolute Gasteiger partial charge is 0.382 e. The Bertz CT molecular complexity index is 496. The first kappa shape index (κ1) is 17.0. The van der Waals surface area contributed by atoms with E-state index >= 15 is 0 Å². The largest absolute Gasteiger partial charge is 0.416 e. The highest BCUT2D eigenvalue weighted by molar-refractivity contribution is 5.60. The molecule has 0 amide bonds. The molecular weight excluding hydrogens is 293 g/mol. The summed E-state index contributed by atoms with van der Waals surface area (Å²) in [6.45, 7) is 1.54. The maximum Gasteiger partial charge on any atom is 0.416 e. The van der Waals surface area contributed by atoms with Crippen LogP contribution in [0.3, 0.4) is 0 Å². The predicted molar refractivity (Wildman–Crippen MR) is 70.2 cm³/mol. The molecule has 0 aromatic carbocycles. The number of rotatable bonds is 7. The van der Waals surface area contributed by atoms with Crippen molar-refractivity contribution in [1.82, 2.24) is 4.98 Å². The fourth-order valence-corrected chi connectivity index (χ4v) is 1.39. The minimum Gasteiger partial charge on any atom is -0.382 e. The number of hydrogen-bond acceptors (Lipinski definition) is 6. The number of aliphatic hydroxyl groups is 1. The minimum atomic E-state index is -4.81. The van der Waals surface area contributed by atoms with Crippen LogP contribution in [0.25, 0.3) is 0 Å². The van der Waals surface area contributed by atoms with E-state index in [1.807, 2.05) is 6.92 Å². The number of nitrogens with zero attached hydrogens (tertiary/aromatic N) is 2. The van der Waals surface area contributed by atoms with Crippen molar-refractivity contribution in [3.05, 3.63) is 22.2 Å². The van der Waals surface area contributed by atoms with E-state index in [-0.39, 0.29) is 5.82 Å². The number of alkyl halides is 3. The van der Waals surface area contributed by atoms with Gasteiger partial charge in [-0.3, -0.25) is 10.1 Å². The molecule has 3 N–H and O–H groups in total. The fraction of sp³-hybridized carbons (Fsp3) is 0.545. The van der Waals surface area contributed by atoms with Crippen LogP contribution >= 0.6 is 0 Å². The number of hydrogen-bond donors (Lipinski definition) is 3. The van der Waals surface area contributed by atoms with Gasteiger partial charge >= 0.3 is 11.9 Å². The summed E-state index contributed by atoms with van der Waals surface area (Å²) in [5.74, 6) is -0.0316. The van der Waals surface area contributed by atoms with Crippen molar-refractivity contribution in [2.75, 3.05) is 23.7 Å². The summed E-state index contributed by atoms with van der Waals surface area (Å²) in [5.41, 5.74) is -0.466. The molecule has 0 saturated heterocycles. The Labute approximate surface area is 118 Å². The van der Waals surface area contributed by atoms with E-state index in [2.05, 4.69) is 15.6 Å². The first-order chi connectivity index (χ1) is 9.75. The zero-order valence-electron chi connectivity index (χ0n) is 11.1. The van der Waals surface area contributed by atoms with Crippen molar-refractivity contribution in [2.24, 2.45) is 0 Å². The molecule has 0 saturated carbocycles. The van der Waals surface area contributed by atoms with Crippen LogP contribution in [-0.2, 0) is 0 Å². The molecule has 7 nitrogen and oxygen atoms in total. The fourth-order valence-electron chi connectivity index (χ4n) is 1.39. The van der Waals surface area contributed by atoms with E-state index in [0.717, 1.165) is 12.5 Å². The maximum atomic E-state index is 12.2. The monoisotopic (exact) mass is 308 g/mol. The van der Waals surface area contributed by atoms with Gasteiger partial charge in [0.2, 0.25) is 5.82 Å². The summed E-state index contributed by atoms with van der Waals surface area (Å²) in [5, 5.41) is 24.7. The lowest BCUT2D eigenvalue weighted by Crippen LogP contribution is -2.35. The van der Waals surface area contributed by atoms with Crippen LogP contribution in [-0.4, -0.2) is 40.4 Å². The molecular formula is C11H15F3N4O3. The standard InChI is InChI=1S/C11H15F3N4O3/c1-2-5-15-9-4-3-7(18(20)21)10(17-9)16-6-8(19)11(12,13)14/h3-4,8,19H,2,5-6H2,1H3,(H2,15,16,17). The van der Waals surface area contributed by atoms with E-state index in [9.17, 15) is 23.3 Å². The van der Waals surface area contributed by atoms with E-state index in [1.54, 1.807) is 0 Å². The van der Waals surface area contributed by atoms with Gasteiger partial charge in [0.15, 0.2) is 6.10 Å². The topological polar surface area (TPSA) is 100 Å². The van der Waals surface area contributed by atoms with E-state index in [1.165, 1.54) is 6.07 Å². The summed E-state index contributed by atoms with van der Waals surface area (Å²) < 4.78 is 36.6. The molecule has 1 atom stereocenters. The number of pyridine rings is 1. The molecule has 0 aliphatic rings. The zero-order chi connectivity index (χ0) is 16.0. The Morgan fingerprint density at radius 2 is 2.10 bits per heavy atom. The van der Waals surface area contributed by atoms with Crippen molar-refractivity contribution in [2.45, 2.75) is 25.6 Å². The van der Waals surface area contributed by atoms with Gasteiger partial charge in [0.1, 0.15) is 5.82 Å². The second kappa shape index (κ2) is 7.07. The van der Waals surface area contributed by atoms with Crippen molar-refractivity contribution in [3.63, 3.8) is 0 Å². The lowest BCUT2D eigenvalue weighted by atomic mass is 10.3. The third-order valence-electron chi connectivity index (χ3n) is 2.47. The normalized spacial score (nSPS) is 12.8. The second-order valence-electron chi connectivity index (χ2n) is 4.19. The summed E-state index contributed by atoms with van der Waals surface area (Å²) in [4.78, 5) is 13.9. The van der Waals surface area contributed by atoms with Gasteiger partial charge in [-0.25, -0.2) is 4.98 Å². The summed E-state index contributed by atoms with van der Waals surface area (Å²) in [6, 6.07) is 2.49. The summed E-state index contributed by atoms with van der Waals surface area (Å²) in [6.07, 6.45) is -6.65. The Kier molecular flexibility index (Phi) is 5.70. The molecule has 0 aliphatic heterocycles. The number of anilines is 2. The van der Waals surface area contributed by atoms with Crippen molar-refractivity contribution < 1.29 is 23.2 Å². The van der Waals surface area contributed by atoms with Crippen molar-refractivity contribution >= 4 is 17.3 Å². The van der Waals surface area contributed by atoms with Crippen LogP contribution in [0.1, 0.15) is 13.3 Å². The number of nitrogens with one attached hydrogen (secondary N) is 2. The lowest BCUT2D eigenvalue weighted by molar-refractivity contribution is -0.384. The number of aromatic nitrogens is 1.